The van der Waals surface area contributed by atoms with Crippen molar-refractivity contribution in [3.63, 3.8) is 0 Å². The van der Waals surface area contributed by atoms with Crippen LogP contribution in [0.3, 0.4) is 0 Å². The maximum Gasteiger partial charge on any atom is 0.229 e. The average molecular weight is 291 g/mol. The maximum atomic E-state index is 9.79. The van der Waals surface area contributed by atoms with Gasteiger partial charge in [-0.2, -0.15) is 0 Å². The highest BCUT2D eigenvalue weighted by atomic mass is 35.5. The van der Waals surface area contributed by atoms with Gasteiger partial charge in [0.2, 0.25) is 6.29 Å². The van der Waals surface area contributed by atoms with Crippen molar-refractivity contribution < 1.29 is 29.9 Å². The standard InChI is InChI=1S/C12H15ClO6/c13-6-3-1-2-4-7(6)18-12-11(17)10(16)9(15)8(5-14)19-12/h1-4,8-12,14-17H,5H2/t8-,9-,10+,11-,12+/m1/s1. The number of aliphatic hydroxyl groups excluding tert-OH is 4. The fourth-order valence-electron chi connectivity index (χ4n) is 1.83. The molecule has 4 N–H and O–H groups in total. The Morgan fingerprint density at radius 1 is 1.11 bits per heavy atom. The molecular weight excluding hydrogens is 276 g/mol. The molecule has 1 aliphatic heterocycles. The Balaban J connectivity index is 2.13. The quantitative estimate of drug-likeness (QED) is 0.600. The van der Waals surface area contributed by atoms with Crippen molar-refractivity contribution in [2.24, 2.45) is 0 Å². The van der Waals surface area contributed by atoms with Gasteiger partial charge in [-0.1, -0.05) is 23.7 Å². The lowest BCUT2D eigenvalue weighted by atomic mass is 9.99. The molecule has 6 nitrogen and oxygen atoms in total. The first-order chi connectivity index (χ1) is 9.04. The van der Waals surface area contributed by atoms with E-state index in [1.807, 2.05) is 0 Å². The molecule has 1 heterocycles. The monoisotopic (exact) mass is 290 g/mol. The molecule has 0 saturated carbocycles. The van der Waals surface area contributed by atoms with Crippen LogP contribution in [0.2, 0.25) is 5.02 Å². The van der Waals surface area contributed by atoms with Crippen LogP contribution < -0.4 is 4.74 Å². The lowest BCUT2D eigenvalue weighted by Crippen LogP contribution is -2.60. The molecule has 0 spiro atoms. The molecule has 1 fully saturated rings. The zero-order chi connectivity index (χ0) is 14.0. The fraction of sp³-hybridized carbons (Fsp3) is 0.500. The molecule has 1 aliphatic rings. The first-order valence-corrected chi connectivity index (χ1v) is 6.14. The second-order valence-electron chi connectivity index (χ2n) is 4.25. The highest BCUT2D eigenvalue weighted by Crippen LogP contribution is 2.28. The van der Waals surface area contributed by atoms with E-state index in [0.29, 0.717) is 5.02 Å². The number of aliphatic hydroxyl groups is 4. The van der Waals surface area contributed by atoms with Gasteiger partial charge in [-0.05, 0) is 12.1 Å². The number of rotatable bonds is 3. The number of halogens is 1. The van der Waals surface area contributed by atoms with E-state index in [4.69, 9.17) is 26.2 Å². The predicted molar refractivity (Wildman–Crippen MR) is 65.8 cm³/mol. The molecule has 0 aromatic heterocycles. The van der Waals surface area contributed by atoms with Gasteiger partial charge < -0.3 is 29.9 Å². The van der Waals surface area contributed by atoms with E-state index >= 15 is 0 Å². The molecule has 0 bridgehead atoms. The predicted octanol–water partition coefficient (Wildman–Crippen LogP) is -0.481. The summed E-state index contributed by atoms with van der Waals surface area (Å²) in [6, 6.07) is 6.57. The minimum atomic E-state index is -1.47. The molecule has 1 aromatic carbocycles. The summed E-state index contributed by atoms with van der Waals surface area (Å²) in [5, 5.41) is 38.4. The molecule has 1 aromatic rings. The molecule has 106 valence electrons. The first-order valence-electron chi connectivity index (χ1n) is 5.76. The molecular formula is C12H15ClO6. The molecule has 19 heavy (non-hydrogen) atoms. The zero-order valence-electron chi connectivity index (χ0n) is 9.89. The minimum Gasteiger partial charge on any atom is -0.460 e. The largest absolute Gasteiger partial charge is 0.460 e. The van der Waals surface area contributed by atoms with E-state index in [9.17, 15) is 15.3 Å². The molecule has 0 aliphatic carbocycles. The van der Waals surface area contributed by atoms with Gasteiger partial charge in [0.05, 0.1) is 11.6 Å². The van der Waals surface area contributed by atoms with E-state index in [1.54, 1.807) is 24.3 Å². The van der Waals surface area contributed by atoms with Crippen LogP contribution in [0.4, 0.5) is 0 Å². The summed E-state index contributed by atoms with van der Waals surface area (Å²) >= 11 is 5.90. The SMILES string of the molecule is OC[C@H]1O[C@H](Oc2ccccc2Cl)[C@H](O)[C@@H](O)[C@@H]1O. The number of hydrogen-bond donors (Lipinski definition) is 4. The molecule has 7 heteroatoms. The minimum absolute atomic E-state index is 0.272. The van der Waals surface area contributed by atoms with Crippen molar-refractivity contribution in [1.29, 1.82) is 0 Å². The van der Waals surface area contributed by atoms with Crippen LogP contribution in [0.15, 0.2) is 24.3 Å². The maximum absolute atomic E-state index is 9.79. The van der Waals surface area contributed by atoms with Crippen molar-refractivity contribution in [3.05, 3.63) is 29.3 Å². The Kier molecular flexibility index (Phi) is 4.62. The Bertz CT molecular complexity index is 426. The topological polar surface area (TPSA) is 99.4 Å². The van der Waals surface area contributed by atoms with Crippen molar-refractivity contribution in [2.75, 3.05) is 6.61 Å². The van der Waals surface area contributed by atoms with Gasteiger partial charge in [0, 0.05) is 0 Å². The number of para-hydroxylation sites is 1. The molecule has 2 rings (SSSR count). The molecule has 1 saturated heterocycles. The molecule has 0 unspecified atom stereocenters. The van der Waals surface area contributed by atoms with Gasteiger partial charge in [-0.3, -0.25) is 0 Å². The average Bonchev–Trinajstić information content (AvgIpc) is 2.41. The lowest BCUT2D eigenvalue weighted by molar-refractivity contribution is -0.277. The summed E-state index contributed by atoms with van der Waals surface area (Å²) < 4.78 is 10.6. The Hall–Kier alpha value is -0.890. The normalized spacial score (nSPS) is 35.1. The Morgan fingerprint density at radius 2 is 1.79 bits per heavy atom. The summed E-state index contributed by atoms with van der Waals surface area (Å²) in [6.07, 6.45) is -6.57. The third kappa shape index (κ3) is 3.00. The number of ether oxygens (including phenoxy) is 2. The molecule has 0 radical (unpaired) electrons. The van der Waals surface area contributed by atoms with Gasteiger partial charge in [0.15, 0.2) is 0 Å². The summed E-state index contributed by atoms with van der Waals surface area (Å²) in [4.78, 5) is 0. The highest BCUT2D eigenvalue weighted by Gasteiger charge is 2.44. The Morgan fingerprint density at radius 3 is 2.42 bits per heavy atom. The summed E-state index contributed by atoms with van der Waals surface area (Å²) in [7, 11) is 0. The van der Waals surface area contributed by atoms with Crippen molar-refractivity contribution in [2.45, 2.75) is 30.7 Å². The van der Waals surface area contributed by atoms with Gasteiger partial charge in [0.1, 0.15) is 30.2 Å². The van der Waals surface area contributed by atoms with E-state index in [-0.39, 0.29) is 5.75 Å². The van der Waals surface area contributed by atoms with E-state index < -0.39 is 37.3 Å². The van der Waals surface area contributed by atoms with E-state index in [2.05, 4.69) is 0 Å². The van der Waals surface area contributed by atoms with Crippen LogP contribution in [0.25, 0.3) is 0 Å². The molecule has 0 amide bonds. The third-order valence-corrected chi connectivity index (χ3v) is 3.24. The van der Waals surface area contributed by atoms with Gasteiger partial charge in [0.25, 0.3) is 0 Å². The molecule has 5 atom stereocenters. The van der Waals surface area contributed by atoms with Crippen LogP contribution >= 0.6 is 11.6 Å². The van der Waals surface area contributed by atoms with Crippen LogP contribution in [-0.4, -0.2) is 57.7 Å². The van der Waals surface area contributed by atoms with Gasteiger partial charge in [-0.25, -0.2) is 0 Å². The van der Waals surface area contributed by atoms with Crippen molar-refractivity contribution >= 4 is 11.6 Å². The van der Waals surface area contributed by atoms with Crippen LogP contribution in [0, 0.1) is 0 Å². The highest BCUT2D eigenvalue weighted by molar-refractivity contribution is 6.32. The summed E-state index contributed by atoms with van der Waals surface area (Å²) in [5.41, 5.74) is 0. The van der Waals surface area contributed by atoms with Crippen LogP contribution in [0.1, 0.15) is 0 Å². The second kappa shape index (κ2) is 6.04. The second-order valence-corrected chi connectivity index (χ2v) is 4.65. The fourth-order valence-corrected chi connectivity index (χ4v) is 2.01. The van der Waals surface area contributed by atoms with Gasteiger partial charge >= 0.3 is 0 Å². The van der Waals surface area contributed by atoms with Crippen LogP contribution in [0.5, 0.6) is 5.75 Å². The summed E-state index contributed by atoms with van der Waals surface area (Å²) in [6.45, 7) is -0.507. The van der Waals surface area contributed by atoms with Crippen LogP contribution in [-0.2, 0) is 4.74 Å². The van der Waals surface area contributed by atoms with Crippen molar-refractivity contribution in [3.8, 4) is 5.75 Å². The zero-order valence-corrected chi connectivity index (χ0v) is 10.6. The number of benzene rings is 1. The first kappa shape index (κ1) is 14.5. The summed E-state index contributed by atoms with van der Waals surface area (Å²) in [5.74, 6) is 0.272. The van der Waals surface area contributed by atoms with Gasteiger partial charge in [-0.15, -0.1) is 0 Å². The van der Waals surface area contributed by atoms with E-state index in [0.717, 1.165) is 0 Å². The number of hydrogen-bond acceptors (Lipinski definition) is 6. The van der Waals surface area contributed by atoms with E-state index in [1.165, 1.54) is 0 Å². The third-order valence-electron chi connectivity index (χ3n) is 2.93. The lowest BCUT2D eigenvalue weighted by Gasteiger charge is -2.39. The van der Waals surface area contributed by atoms with Crippen molar-refractivity contribution in [1.82, 2.24) is 0 Å². The Labute approximate surface area is 114 Å². The smallest absolute Gasteiger partial charge is 0.229 e.